The van der Waals surface area contributed by atoms with Gasteiger partial charge in [-0.15, -0.1) is 0 Å². The molecule has 4 rings (SSSR count). The van der Waals surface area contributed by atoms with Crippen LogP contribution < -0.4 is 10.0 Å². The molecule has 6 heteroatoms. The van der Waals surface area contributed by atoms with Gasteiger partial charge in [0.2, 0.25) is 0 Å². The zero-order chi connectivity index (χ0) is 18.1. The van der Waals surface area contributed by atoms with Gasteiger partial charge in [-0.05, 0) is 68.6 Å². The lowest BCUT2D eigenvalue weighted by Crippen LogP contribution is -2.23. The first-order chi connectivity index (χ1) is 12.5. The zero-order valence-corrected chi connectivity index (χ0v) is 15.6. The summed E-state index contributed by atoms with van der Waals surface area (Å²) in [6.07, 6.45) is 5.39. The van der Waals surface area contributed by atoms with Crippen molar-refractivity contribution in [1.82, 2.24) is 10.3 Å². The monoisotopic (exact) mass is 369 g/mol. The minimum absolute atomic E-state index is 0.271. The van der Waals surface area contributed by atoms with Crippen LogP contribution in [0.15, 0.2) is 53.6 Å². The molecule has 0 saturated carbocycles. The quantitative estimate of drug-likeness (QED) is 0.644. The largest absolute Gasteiger partial charge is 0.361 e. The Morgan fingerprint density at radius 2 is 1.96 bits per heavy atom. The molecule has 2 heterocycles. The number of H-pyrrole nitrogens is 1. The number of aryl methyl sites for hydroxylation is 1. The van der Waals surface area contributed by atoms with E-state index >= 15 is 0 Å². The fourth-order valence-corrected chi connectivity index (χ4v) is 4.59. The average molecular weight is 369 g/mol. The van der Waals surface area contributed by atoms with Gasteiger partial charge in [-0.3, -0.25) is 4.72 Å². The van der Waals surface area contributed by atoms with Crippen LogP contribution in [0.1, 0.15) is 24.0 Å². The molecule has 1 saturated heterocycles. The van der Waals surface area contributed by atoms with Crippen molar-refractivity contribution in [2.45, 2.75) is 37.1 Å². The van der Waals surface area contributed by atoms with Crippen molar-refractivity contribution in [2.24, 2.45) is 0 Å². The van der Waals surface area contributed by atoms with Crippen LogP contribution in [0, 0.1) is 6.92 Å². The highest BCUT2D eigenvalue weighted by molar-refractivity contribution is 7.92. The molecule has 1 aromatic heterocycles. The third-order valence-corrected chi connectivity index (χ3v) is 6.38. The van der Waals surface area contributed by atoms with Crippen molar-refractivity contribution >= 4 is 26.6 Å². The average Bonchev–Trinajstić information content (AvgIpc) is 3.26. The molecule has 5 nitrogen and oxygen atoms in total. The van der Waals surface area contributed by atoms with Crippen LogP contribution in [-0.2, 0) is 16.4 Å². The molecular formula is C20H23N3O2S. The molecule has 3 aromatic rings. The summed E-state index contributed by atoms with van der Waals surface area (Å²) in [5, 5.41) is 4.59. The summed E-state index contributed by atoms with van der Waals surface area (Å²) in [6, 6.07) is 13.0. The van der Waals surface area contributed by atoms with Gasteiger partial charge in [0.05, 0.1) is 4.90 Å². The van der Waals surface area contributed by atoms with Crippen LogP contribution in [0.2, 0.25) is 0 Å². The molecule has 1 aliphatic rings. The smallest absolute Gasteiger partial charge is 0.261 e. The SMILES string of the molecule is Cc1ccc(S(=O)(=O)Nc2ccc3[nH]cc(C[C@H]4CCCN4)c3c2)cc1. The normalized spacial score (nSPS) is 17.7. The van der Waals surface area contributed by atoms with Crippen LogP contribution in [0.3, 0.4) is 0 Å². The number of rotatable bonds is 5. The minimum Gasteiger partial charge on any atom is -0.361 e. The maximum Gasteiger partial charge on any atom is 0.261 e. The second kappa shape index (κ2) is 6.78. The lowest BCUT2D eigenvalue weighted by Gasteiger charge is -2.11. The first kappa shape index (κ1) is 17.1. The predicted molar refractivity (Wildman–Crippen MR) is 105 cm³/mol. The van der Waals surface area contributed by atoms with Gasteiger partial charge in [0.15, 0.2) is 0 Å². The number of fused-ring (bicyclic) bond motifs is 1. The topological polar surface area (TPSA) is 74.0 Å². The molecule has 0 spiro atoms. The third kappa shape index (κ3) is 3.48. The summed E-state index contributed by atoms with van der Waals surface area (Å²) in [6.45, 7) is 3.01. The van der Waals surface area contributed by atoms with E-state index in [1.165, 1.54) is 18.4 Å². The molecule has 0 radical (unpaired) electrons. The number of sulfonamides is 1. The van der Waals surface area contributed by atoms with Gasteiger partial charge in [0.1, 0.15) is 0 Å². The Balaban J connectivity index is 1.61. The summed E-state index contributed by atoms with van der Waals surface area (Å²) < 4.78 is 27.9. The van der Waals surface area contributed by atoms with Gasteiger partial charge in [-0.2, -0.15) is 0 Å². The first-order valence-electron chi connectivity index (χ1n) is 8.94. The maximum absolute atomic E-state index is 12.6. The standard InChI is InChI=1S/C20H23N3O2S/c1-14-4-7-18(8-5-14)26(24,25)23-17-6-9-20-19(12-17)15(13-22-20)11-16-3-2-10-21-16/h4-9,12-13,16,21-23H,2-3,10-11H2,1H3/t16-/m1/s1. The Bertz CT molecular complexity index is 1020. The number of benzene rings is 2. The lowest BCUT2D eigenvalue weighted by atomic mass is 10.0. The number of anilines is 1. The Morgan fingerprint density at radius 3 is 2.69 bits per heavy atom. The molecular weight excluding hydrogens is 346 g/mol. The van der Waals surface area contributed by atoms with Crippen molar-refractivity contribution in [1.29, 1.82) is 0 Å². The predicted octanol–water partition coefficient (Wildman–Crippen LogP) is 3.57. The fraction of sp³-hybridized carbons (Fsp3) is 0.300. The number of aromatic amines is 1. The Hall–Kier alpha value is -2.31. The van der Waals surface area contributed by atoms with Gasteiger partial charge in [-0.25, -0.2) is 8.42 Å². The second-order valence-electron chi connectivity index (χ2n) is 6.99. The van der Waals surface area contributed by atoms with Crippen molar-refractivity contribution in [3.63, 3.8) is 0 Å². The fourth-order valence-electron chi connectivity index (χ4n) is 3.54. The Labute approximate surface area is 153 Å². The van der Waals surface area contributed by atoms with E-state index in [0.717, 1.165) is 29.4 Å². The van der Waals surface area contributed by atoms with E-state index < -0.39 is 10.0 Å². The van der Waals surface area contributed by atoms with Crippen LogP contribution >= 0.6 is 0 Å². The van der Waals surface area contributed by atoms with E-state index in [4.69, 9.17) is 0 Å². The van der Waals surface area contributed by atoms with Crippen LogP contribution in [-0.4, -0.2) is 26.0 Å². The summed E-state index contributed by atoms with van der Waals surface area (Å²) in [5.41, 5.74) is 3.85. The summed E-state index contributed by atoms with van der Waals surface area (Å²) in [4.78, 5) is 3.56. The molecule has 0 bridgehead atoms. The number of hydrogen-bond donors (Lipinski definition) is 3. The molecule has 1 atom stereocenters. The highest BCUT2D eigenvalue weighted by Gasteiger charge is 2.18. The molecule has 26 heavy (non-hydrogen) atoms. The summed E-state index contributed by atoms with van der Waals surface area (Å²) in [7, 11) is -3.59. The zero-order valence-electron chi connectivity index (χ0n) is 14.7. The molecule has 1 aliphatic heterocycles. The number of hydrogen-bond acceptors (Lipinski definition) is 3. The van der Waals surface area contributed by atoms with Crippen molar-refractivity contribution in [2.75, 3.05) is 11.3 Å². The van der Waals surface area contributed by atoms with Crippen LogP contribution in [0.5, 0.6) is 0 Å². The molecule has 0 aliphatic carbocycles. The third-order valence-electron chi connectivity index (χ3n) is 4.98. The van der Waals surface area contributed by atoms with Crippen LogP contribution in [0.25, 0.3) is 10.9 Å². The highest BCUT2D eigenvalue weighted by Crippen LogP contribution is 2.26. The van der Waals surface area contributed by atoms with E-state index in [0.29, 0.717) is 11.7 Å². The number of aromatic nitrogens is 1. The van der Waals surface area contributed by atoms with E-state index in [1.54, 1.807) is 30.3 Å². The van der Waals surface area contributed by atoms with Gasteiger partial charge in [0.25, 0.3) is 10.0 Å². The van der Waals surface area contributed by atoms with Crippen molar-refractivity contribution < 1.29 is 8.42 Å². The van der Waals surface area contributed by atoms with E-state index in [-0.39, 0.29) is 4.90 Å². The molecule has 2 aromatic carbocycles. The molecule has 136 valence electrons. The number of nitrogens with one attached hydrogen (secondary N) is 3. The summed E-state index contributed by atoms with van der Waals surface area (Å²) in [5.74, 6) is 0. The van der Waals surface area contributed by atoms with Gasteiger partial charge >= 0.3 is 0 Å². The van der Waals surface area contributed by atoms with E-state index in [9.17, 15) is 8.42 Å². The summed E-state index contributed by atoms with van der Waals surface area (Å²) >= 11 is 0. The Morgan fingerprint density at radius 1 is 1.15 bits per heavy atom. The molecule has 3 N–H and O–H groups in total. The van der Waals surface area contributed by atoms with E-state index in [1.807, 2.05) is 25.3 Å². The van der Waals surface area contributed by atoms with E-state index in [2.05, 4.69) is 15.0 Å². The highest BCUT2D eigenvalue weighted by atomic mass is 32.2. The van der Waals surface area contributed by atoms with Gasteiger partial charge in [-0.1, -0.05) is 17.7 Å². The van der Waals surface area contributed by atoms with Crippen LogP contribution in [0.4, 0.5) is 5.69 Å². The van der Waals surface area contributed by atoms with Gasteiger partial charge in [0, 0.05) is 28.8 Å². The lowest BCUT2D eigenvalue weighted by molar-refractivity contribution is 0.601. The maximum atomic E-state index is 12.6. The first-order valence-corrected chi connectivity index (χ1v) is 10.4. The molecule has 0 amide bonds. The van der Waals surface area contributed by atoms with Crippen molar-refractivity contribution in [3.05, 3.63) is 59.8 Å². The van der Waals surface area contributed by atoms with Crippen molar-refractivity contribution in [3.8, 4) is 0 Å². The molecule has 1 fully saturated rings. The molecule has 0 unspecified atom stereocenters. The minimum atomic E-state index is -3.59. The Kier molecular flexibility index (Phi) is 4.46. The van der Waals surface area contributed by atoms with Gasteiger partial charge < -0.3 is 10.3 Å². The second-order valence-corrected chi connectivity index (χ2v) is 8.67.